The molecule has 0 aliphatic carbocycles. The Hall–Kier alpha value is -2.83. The minimum Gasteiger partial charge on any atom is -0.480 e. The first-order valence-corrected chi connectivity index (χ1v) is 8.35. The maximum Gasteiger partial charge on any atom is 0.326 e. The summed E-state index contributed by atoms with van der Waals surface area (Å²) < 4.78 is 0. The largest absolute Gasteiger partial charge is 0.480 e. The van der Waals surface area contributed by atoms with Gasteiger partial charge in [-0.2, -0.15) is 0 Å². The molecule has 2 rings (SSSR count). The lowest BCUT2D eigenvalue weighted by atomic mass is 10.0. The summed E-state index contributed by atoms with van der Waals surface area (Å²) in [4.78, 5) is 38.0. The molecular formula is C18H23N3O4. The molecule has 134 valence electrons. The molecule has 7 nitrogen and oxygen atoms in total. The maximum absolute atomic E-state index is 12.0. The highest BCUT2D eigenvalue weighted by molar-refractivity contribution is 5.88. The molecule has 7 heteroatoms. The Labute approximate surface area is 145 Å². The summed E-state index contributed by atoms with van der Waals surface area (Å²) in [5.41, 5.74) is 1.74. The number of carboxylic acids is 1. The van der Waals surface area contributed by atoms with Crippen molar-refractivity contribution in [3.8, 4) is 0 Å². The fourth-order valence-corrected chi connectivity index (χ4v) is 2.57. The Morgan fingerprint density at radius 2 is 1.88 bits per heavy atom. The predicted octanol–water partition coefficient (Wildman–Crippen LogP) is 1.59. The van der Waals surface area contributed by atoms with Crippen LogP contribution >= 0.6 is 0 Å². The van der Waals surface area contributed by atoms with Crippen molar-refractivity contribution in [3.05, 3.63) is 36.0 Å². The Balaban J connectivity index is 1.93. The molecule has 4 N–H and O–H groups in total. The Morgan fingerprint density at radius 1 is 1.16 bits per heavy atom. The van der Waals surface area contributed by atoms with Crippen LogP contribution in [-0.4, -0.2) is 40.5 Å². The van der Waals surface area contributed by atoms with Gasteiger partial charge in [-0.1, -0.05) is 25.1 Å². The van der Waals surface area contributed by atoms with Gasteiger partial charge in [0.15, 0.2) is 0 Å². The standard InChI is InChI=1S/C18H23N3O4/c1-2-9-19-16(22)7-8-17(23)21-15(18(24)25)10-12-11-20-14-6-4-3-5-13(12)14/h3-6,11,15,20H,2,7-10H2,1H3,(H,19,22)(H,21,23)(H,24,25). The van der Waals surface area contributed by atoms with E-state index in [2.05, 4.69) is 15.6 Å². The van der Waals surface area contributed by atoms with E-state index < -0.39 is 17.9 Å². The highest BCUT2D eigenvalue weighted by Gasteiger charge is 2.22. The molecule has 2 aromatic rings. The number of carboxylic acid groups (broad SMARTS) is 1. The van der Waals surface area contributed by atoms with E-state index in [9.17, 15) is 19.5 Å². The zero-order valence-electron chi connectivity index (χ0n) is 14.2. The van der Waals surface area contributed by atoms with Gasteiger partial charge < -0.3 is 20.7 Å². The lowest BCUT2D eigenvalue weighted by Gasteiger charge is -2.14. The molecule has 0 aliphatic rings. The molecule has 1 atom stereocenters. The number of rotatable bonds is 9. The number of hydrogen-bond donors (Lipinski definition) is 4. The second kappa shape index (κ2) is 8.86. The lowest BCUT2D eigenvalue weighted by Crippen LogP contribution is -2.42. The van der Waals surface area contributed by atoms with E-state index in [1.54, 1.807) is 6.20 Å². The van der Waals surface area contributed by atoms with Gasteiger partial charge >= 0.3 is 5.97 Å². The van der Waals surface area contributed by atoms with Crippen LogP contribution in [0.4, 0.5) is 0 Å². The minimum absolute atomic E-state index is 0.0345. The maximum atomic E-state index is 12.0. The van der Waals surface area contributed by atoms with Crippen molar-refractivity contribution in [1.82, 2.24) is 15.6 Å². The number of para-hydroxylation sites is 1. The molecule has 0 aliphatic heterocycles. The molecule has 0 spiro atoms. The van der Waals surface area contributed by atoms with Crippen LogP contribution in [-0.2, 0) is 20.8 Å². The average Bonchev–Trinajstić information content (AvgIpc) is 3.00. The van der Waals surface area contributed by atoms with Crippen LogP contribution < -0.4 is 10.6 Å². The van der Waals surface area contributed by atoms with E-state index in [1.165, 1.54) is 0 Å². The van der Waals surface area contributed by atoms with E-state index in [0.717, 1.165) is 22.9 Å². The number of hydrogen-bond acceptors (Lipinski definition) is 3. The monoisotopic (exact) mass is 345 g/mol. The molecule has 0 saturated carbocycles. The molecule has 0 fully saturated rings. The van der Waals surface area contributed by atoms with Crippen LogP contribution in [0.15, 0.2) is 30.5 Å². The van der Waals surface area contributed by atoms with Crippen molar-refractivity contribution in [2.45, 2.75) is 38.6 Å². The molecule has 0 bridgehead atoms. The predicted molar refractivity (Wildman–Crippen MR) is 94.1 cm³/mol. The summed E-state index contributed by atoms with van der Waals surface area (Å²) in [7, 11) is 0. The average molecular weight is 345 g/mol. The van der Waals surface area contributed by atoms with Crippen LogP contribution in [0.2, 0.25) is 0 Å². The van der Waals surface area contributed by atoms with Gasteiger partial charge in [0, 0.05) is 42.9 Å². The number of carbonyl (C=O) groups is 3. The summed E-state index contributed by atoms with van der Waals surface area (Å²) in [6.07, 6.45) is 2.76. The quantitative estimate of drug-likeness (QED) is 0.553. The van der Waals surface area contributed by atoms with Gasteiger partial charge in [0.1, 0.15) is 6.04 Å². The van der Waals surface area contributed by atoms with Gasteiger partial charge in [0.25, 0.3) is 0 Å². The van der Waals surface area contributed by atoms with Crippen molar-refractivity contribution in [2.75, 3.05) is 6.54 Å². The van der Waals surface area contributed by atoms with E-state index in [1.807, 2.05) is 31.2 Å². The minimum atomic E-state index is -1.10. The summed E-state index contributed by atoms with van der Waals surface area (Å²) in [6.45, 7) is 2.51. The third-order valence-corrected chi connectivity index (χ3v) is 3.88. The van der Waals surface area contributed by atoms with Crippen molar-refractivity contribution in [3.63, 3.8) is 0 Å². The number of benzene rings is 1. The zero-order chi connectivity index (χ0) is 18.2. The molecule has 2 amide bonds. The Kier molecular flexibility index (Phi) is 6.56. The van der Waals surface area contributed by atoms with E-state index in [4.69, 9.17) is 0 Å². The second-order valence-corrected chi connectivity index (χ2v) is 5.87. The third-order valence-electron chi connectivity index (χ3n) is 3.88. The van der Waals surface area contributed by atoms with Crippen LogP contribution in [0.5, 0.6) is 0 Å². The highest BCUT2D eigenvalue weighted by atomic mass is 16.4. The number of H-pyrrole nitrogens is 1. The summed E-state index contributed by atoms with van der Waals surface area (Å²) in [5.74, 6) is -1.76. The summed E-state index contributed by atoms with van der Waals surface area (Å²) >= 11 is 0. The van der Waals surface area contributed by atoms with Gasteiger partial charge in [0.05, 0.1) is 0 Å². The van der Waals surface area contributed by atoms with Crippen LogP contribution in [0.3, 0.4) is 0 Å². The first kappa shape index (κ1) is 18.5. The molecule has 1 aromatic heterocycles. The summed E-state index contributed by atoms with van der Waals surface area (Å²) in [6, 6.07) is 6.54. The number of aliphatic carboxylic acids is 1. The molecule has 0 saturated heterocycles. The fraction of sp³-hybridized carbons (Fsp3) is 0.389. The molecule has 1 heterocycles. The first-order chi connectivity index (χ1) is 12.0. The van der Waals surface area contributed by atoms with Crippen molar-refractivity contribution in [1.29, 1.82) is 0 Å². The fourth-order valence-electron chi connectivity index (χ4n) is 2.57. The van der Waals surface area contributed by atoms with E-state index >= 15 is 0 Å². The Bertz CT molecular complexity index is 754. The van der Waals surface area contributed by atoms with Gasteiger partial charge in [-0.3, -0.25) is 9.59 Å². The number of amides is 2. The van der Waals surface area contributed by atoms with Crippen molar-refractivity contribution < 1.29 is 19.5 Å². The van der Waals surface area contributed by atoms with Gasteiger partial charge in [-0.15, -0.1) is 0 Å². The van der Waals surface area contributed by atoms with Crippen LogP contribution in [0, 0.1) is 0 Å². The molecule has 0 radical (unpaired) electrons. The first-order valence-electron chi connectivity index (χ1n) is 8.35. The van der Waals surface area contributed by atoms with Crippen molar-refractivity contribution in [2.24, 2.45) is 0 Å². The van der Waals surface area contributed by atoms with E-state index in [-0.39, 0.29) is 25.2 Å². The second-order valence-electron chi connectivity index (χ2n) is 5.87. The number of nitrogens with one attached hydrogen (secondary N) is 3. The van der Waals surface area contributed by atoms with Gasteiger partial charge in [0.2, 0.25) is 11.8 Å². The smallest absolute Gasteiger partial charge is 0.326 e. The van der Waals surface area contributed by atoms with Gasteiger partial charge in [-0.25, -0.2) is 4.79 Å². The number of aromatic amines is 1. The number of carbonyl (C=O) groups excluding carboxylic acids is 2. The molecular weight excluding hydrogens is 322 g/mol. The normalized spacial score (nSPS) is 11.9. The topological polar surface area (TPSA) is 111 Å². The van der Waals surface area contributed by atoms with Crippen LogP contribution in [0.1, 0.15) is 31.7 Å². The van der Waals surface area contributed by atoms with Crippen LogP contribution in [0.25, 0.3) is 10.9 Å². The molecule has 1 unspecified atom stereocenters. The third kappa shape index (κ3) is 5.34. The molecule has 25 heavy (non-hydrogen) atoms. The highest BCUT2D eigenvalue weighted by Crippen LogP contribution is 2.19. The number of fused-ring (bicyclic) bond motifs is 1. The van der Waals surface area contributed by atoms with Crippen molar-refractivity contribution >= 4 is 28.7 Å². The molecule has 1 aromatic carbocycles. The number of aromatic nitrogens is 1. The zero-order valence-corrected chi connectivity index (χ0v) is 14.2. The Morgan fingerprint density at radius 3 is 2.60 bits per heavy atom. The SMILES string of the molecule is CCCNC(=O)CCC(=O)NC(Cc1c[nH]c2ccccc12)C(=O)O. The van der Waals surface area contributed by atoms with E-state index in [0.29, 0.717) is 6.54 Å². The summed E-state index contributed by atoms with van der Waals surface area (Å²) in [5, 5.41) is 15.5. The van der Waals surface area contributed by atoms with Gasteiger partial charge in [-0.05, 0) is 18.1 Å². The lowest BCUT2D eigenvalue weighted by molar-refractivity contribution is -0.141.